The maximum atomic E-state index is 4.07. The molecule has 2 aromatic rings. The molecule has 0 spiro atoms. The smallest absolute Gasteiger partial charge is 0.0270 e. The van der Waals surface area contributed by atoms with Gasteiger partial charge in [-0.1, -0.05) is 29.8 Å². The Labute approximate surface area is 108 Å². The molecule has 0 saturated carbocycles. The summed E-state index contributed by atoms with van der Waals surface area (Å²) in [6, 6.07) is 11.0. The Morgan fingerprint density at radius 2 is 1.94 bits per heavy atom. The monoisotopic (exact) mass is 235 g/mol. The van der Waals surface area contributed by atoms with E-state index in [1.54, 1.807) is 0 Å². The Morgan fingerprint density at radius 1 is 1.11 bits per heavy atom. The van der Waals surface area contributed by atoms with Gasteiger partial charge < -0.3 is 0 Å². The third-order valence-electron chi connectivity index (χ3n) is 3.56. The molecule has 0 aliphatic heterocycles. The Morgan fingerprint density at radius 3 is 2.78 bits per heavy atom. The van der Waals surface area contributed by atoms with Gasteiger partial charge in [-0.2, -0.15) is 0 Å². The molecule has 0 saturated heterocycles. The summed E-state index contributed by atoms with van der Waals surface area (Å²) in [4.78, 5) is 4.07. The van der Waals surface area contributed by atoms with Crippen molar-refractivity contribution < 1.29 is 0 Å². The van der Waals surface area contributed by atoms with Gasteiger partial charge in [-0.15, -0.1) is 0 Å². The second-order valence-corrected chi connectivity index (χ2v) is 4.96. The molecular weight excluding hydrogens is 218 g/mol. The van der Waals surface area contributed by atoms with E-state index in [4.69, 9.17) is 0 Å². The summed E-state index contributed by atoms with van der Waals surface area (Å²) in [5, 5.41) is 0. The lowest BCUT2D eigenvalue weighted by Gasteiger charge is -2.18. The summed E-state index contributed by atoms with van der Waals surface area (Å²) in [6.45, 7) is 2.17. The second kappa shape index (κ2) is 4.77. The number of rotatable bonds is 2. The van der Waals surface area contributed by atoms with Crippen LogP contribution in [-0.2, 0) is 12.8 Å². The summed E-state index contributed by atoms with van der Waals surface area (Å²) in [5.41, 5.74) is 7.09. The van der Waals surface area contributed by atoms with Crippen molar-refractivity contribution in [1.82, 2.24) is 4.98 Å². The molecule has 0 amide bonds. The number of nitrogens with zero attached hydrogens (tertiary/aromatic N) is 1. The number of aromatic nitrogens is 1. The molecular formula is C17H17N. The molecule has 1 heteroatoms. The molecule has 1 heterocycles. The zero-order valence-corrected chi connectivity index (χ0v) is 10.7. The zero-order chi connectivity index (χ0) is 12.4. The highest BCUT2D eigenvalue weighted by Gasteiger charge is 2.12. The van der Waals surface area contributed by atoms with E-state index in [2.05, 4.69) is 48.3 Å². The van der Waals surface area contributed by atoms with Crippen LogP contribution in [0.5, 0.6) is 0 Å². The van der Waals surface area contributed by atoms with Gasteiger partial charge >= 0.3 is 0 Å². The SMILES string of the molecule is Cc1ccc2c(c1)CCC=C2Cc1ccncc1. The van der Waals surface area contributed by atoms with Crippen LogP contribution in [-0.4, -0.2) is 4.98 Å². The molecule has 0 atom stereocenters. The fourth-order valence-corrected chi connectivity index (χ4v) is 2.64. The lowest BCUT2D eigenvalue weighted by molar-refractivity contribution is 0.963. The second-order valence-electron chi connectivity index (χ2n) is 4.96. The fraction of sp³-hybridized carbons (Fsp3) is 0.235. The predicted molar refractivity (Wildman–Crippen MR) is 75.4 cm³/mol. The molecule has 3 rings (SSSR count). The zero-order valence-electron chi connectivity index (χ0n) is 10.7. The number of aryl methyl sites for hydroxylation is 2. The van der Waals surface area contributed by atoms with Crippen LogP contribution in [0.2, 0.25) is 0 Å². The number of fused-ring (bicyclic) bond motifs is 1. The van der Waals surface area contributed by atoms with Crippen LogP contribution in [0, 0.1) is 6.92 Å². The molecule has 1 aliphatic carbocycles. The standard InChI is InChI=1S/C17H17N/c1-13-5-6-17-15(11-13)3-2-4-16(17)12-14-7-9-18-10-8-14/h4-11H,2-3,12H2,1H3. The maximum Gasteiger partial charge on any atom is 0.0270 e. The van der Waals surface area contributed by atoms with Crippen molar-refractivity contribution in [2.24, 2.45) is 0 Å². The highest BCUT2D eigenvalue weighted by atomic mass is 14.6. The minimum atomic E-state index is 1.01. The first-order valence-corrected chi connectivity index (χ1v) is 6.51. The van der Waals surface area contributed by atoms with E-state index < -0.39 is 0 Å². The highest BCUT2D eigenvalue weighted by Crippen LogP contribution is 2.29. The van der Waals surface area contributed by atoms with Crippen molar-refractivity contribution in [3.63, 3.8) is 0 Å². The normalized spacial score (nSPS) is 13.9. The fourth-order valence-electron chi connectivity index (χ4n) is 2.64. The molecule has 90 valence electrons. The number of pyridine rings is 1. The first kappa shape index (κ1) is 11.2. The van der Waals surface area contributed by atoms with E-state index in [0.717, 1.165) is 12.8 Å². The average molecular weight is 235 g/mol. The van der Waals surface area contributed by atoms with E-state index in [1.165, 1.54) is 34.2 Å². The van der Waals surface area contributed by atoms with Crippen molar-refractivity contribution in [1.29, 1.82) is 0 Å². The molecule has 1 aromatic carbocycles. The van der Waals surface area contributed by atoms with Crippen LogP contribution < -0.4 is 0 Å². The van der Waals surface area contributed by atoms with Crippen molar-refractivity contribution in [3.8, 4) is 0 Å². The largest absolute Gasteiger partial charge is 0.265 e. The molecule has 0 unspecified atom stereocenters. The lowest BCUT2D eigenvalue weighted by Crippen LogP contribution is -2.02. The van der Waals surface area contributed by atoms with E-state index in [0.29, 0.717) is 0 Å². The summed E-state index contributed by atoms with van der Waals surface area (Å²) in [7, 11) is 0. The van der Waals surface area contributed by atoms with E-state index in [1.807, 2.05) is 12.4 Å². The third kappa shape index (κ3) is 2.21. The van der Waals surface area contributed by atoms with Crippen LogP contribution in [0.3, 0.4) is 0 Å². The van der Waals surface area contributed by atoms with Gasteiger partial charge in [0.25, 0.3) is 0 Å². The van der Waals surface area contributed by atoms with Gasteiger partial charge in [-0.25, -0.2) is 0 Å². The Balaban J connectivity index is 1.93. The predicted octanol–water partition coefficient (Wildman–Crippen LogP) is 3.96. The minimum absolute atomic E-state index is 1.01. The van der Waals surface area contributed by atoms with Crippen molar-refractivity contribution in [2.75, 3.05) is 0 Å². The number of hydrogen-bond acceptors (Lipinski definition) is 1. The lowest BCUT2D eigenvalue weighted by atomic mass is 9.87. The van der Waals surface area contributed by atoms with Crippen molar-refractivity contribution in [3.05, 3.63) is 71.1 Å². The van der Waals surface area contributed by atoms with Gasteiger partial charge in [-0.3, -0.25) is 4.98 Å². The molecule has 1 nitrogen and oxygen atoms in total. The molecule has 0 N–H and O–H groups in total. The van der Waals surface area contributed by atoms with Gasteiger partial charge in [0.15, 0.2) is 0 Å². The van der Waals surface area contributed by atoms with Crippen LogP contribution in [0.15, 0.2) is 48.8 Å². The molecule has 1 aliphatic rings. The Hall–Kier alpha value is -1.89. The molecule has 0 fully saturated rings. The first-order chi connectivity index (χ1) is 8.83. The average Bonchev–Trinajstić information content (AvgIpc) is 2.40. The van der Waals surface area contributed by atoms with Gasteiger partial charge in [0.05, 0.1) is 0 Å². The highest BCUT2D eigenvalue weighted by molar-refractivity contribution is 5.72. The topological polar surface area (TPSA) is 12.9 Å². The van der Waals surface area contributed by atoms with E-state index >= 15 is 0 Å². The maximum absolute atomic E-state index is 4.07. The van der Waals surface area contributed by atoms with E-state index in [-0.39, 0.29) is 0 Å². The van der Waals surface area contributed by atoms with E-state index in [9.17, 15) is 0 Å². The minimum Gasteiger partial charge on any atom is -0.265 e. The van der Waals surface area contributed by atoms with Crippen LogP contribution in [0.4, 0.5) is 0 Å². The summed E-state index contributed by atoms with van der Waals surface area (Å²) in [5.74, 6) is 0. The molecule has 18 heavy (non-hydrogen) atoms. The summed E-state index contributed by atoms with van der Waals surface area (Å²) >= 11 is 0. The van der Waals surface area contributed by atoms with Crippen LogP contribution >= 0.6 is 0 Å². The van der Waals surface area contributed by atoms with Crippen molar-refractivity contribution >= 4 is 5.57 Å². The Kier molecular flexibility index (Phi) is 2.97. The first-order valence-electron chi connectivity index (χ1n) is 6.51. The number of benzene rings is 1. The van der Waals surface area contributed by atoms with Crippen molar-refractivity contribution in [2.45, 2.75) is 26.2 Å². The third-order valence-corrected chi connectivity index (χ3v) is 3.56. The van der Waals surface area contributed by atoms with Crippen LogP contribution in [0.25, 0.3) is 5.57 Å². The quantitative estimate of drug-likeness (QED) is 0.767. The van der Waals surface area contributed by atoms with Crippen LogP contribution in [0.1, 0.15) is 28.7 Å². The molecule has 0 bridgehead atoms. The summed E-state index contributed by atoms with van der Waals surface area (Å²) in [6.07, 6.45) is 9.48. The Bertz CT molecular complexity index is 582. The number of allylic oxidation sites excluding steroid dienone is 2. The van der Waals surface area contributed by atoms with Gasteiger partial charge in [0.1, 0.15) is 0 Å². The molecule has 1 aromatic heterocycles. The number of hydrogen-bond donors (Lipinski definition) is 0. The van der Waals surface area contributed by atoms with Gasteiger partial charge in [-0.05, 0) is 60.6 Å². The molecule has 0 radical (unpaired) electrons. The van der Waals surface area contributed by atoms with Gasteiger partial charge in [0.2, 0.25) is 0 Å². The van der Waals surface area contributed by atoms with Gasteiger partial charge in [0, 0.05) is 12.4 Å². The summed E-state index contributed by atoms with van der Waals surface area (Å²) < 4.78 is 0.